The molecule has 0 radical (unpaired) electrons. The summed E-state index contributed by atoms with van der Waals surface area (Å²) in [6.07, 6.45) is 3.49. The van der Waals surface area contributed by atoms with E-state index in [9.17, 15) is 9.90 Å². The summed E-state index contributed by atoms with van der Waals surface area (Å²) in [6.45, 7) is 1.32. The van der Waals surface area contributed by atoms with Gasteiger partial charge in [0.1, 0.15) is 11.9 Å². The number of hydrogen-bond donors (Lipinski definition) is 4. The number of aromatic nitrogens is 2. The molecule has 0 saturated carbocycles. The molecular weight excluding hydrogens is 461 g/mol. The standard InChI is InChI=1S/C24H25Cl2N5O2/c25-18-5-2-6-19(26)17(18)11-20-23(27)30-13-22(31-20)15-4-1-3-14(9-15)12-29-16-7-8-28-21(10-16)24(32)33/h1-6,9,13,16,21,28-29H,7-8,10-12H2,(H2,27,30)(H,32,33)/t16?,21-/m0/s1. The Bertz CT molecular complexity index is 1140. The molecule has 7 nitrogen and oxygen atoms in total. The summed E-state index contributed by atoms with van der Waals surface area (Å²) in [4.78, 5) is 20.3. The minimum Gasteiger partial charge on any atom is -0.480 e. The van der Waals surface area contributed by atoms with Crippen molar-refractivity contribution in [2.24, 2.45) is 0 Å². The number of rotatable bonds is 7. The summed E-state index contributed by atoms with van der Waals surface area (Å²) in [7, 11) is 0. The van der Waals surface area contributed by atoms with Crippen molar-refractivity contribution in [3.05, 3.63) is 75.5 Å². The van der Waals surface area contributed by atoms with Gasteiger partial charge < -0.3 is 21.5 Å². The molecular formula is C24H25Cl2N5O2. The van der Waals surface area contributed by atoms with Crippen LogP contribution in [0.2, 0.25) is 10.0 Å². The maximum Gasteiger partial charge on any atom is 0.320 e. The molecule has 1 aliphatic rings. The number of anilines is 1. The van der Waals surface area contributed by atoms with E-state index in [0.29, 0.717) is 53.2 Å². The van der Waals surface area contributed by atoms with Crippen LogP contribution in [-0.2, 0) is 17.8 Å². The van der Waals surface area contributed by atoms with Crippen molar-refractivity contribution >= 4 is 35.0 Å². The molecule has 3 aromatic rings. The summed E-state index contributed by atoms with van der Waals surface area (Å²) in [6, 6.07) is 13.0. The molecule has 0 amide bonds. The number of aliphatic carboxylic acids is 1. The van der Waals surface area contributed by atoms with Crippen molar-refractivity contribution in [1.29, 1.82) is 0 Å². The molecule has 33 heavy (non-hydrogen) atoms. The number of nitrogens with one attached hydrogen (secondary N) is 2. The highest BCUT2D eigenvalue weighted by atomic mass is 35.5. The van der Waals surface area contributed by atoms with Crippen molar-refractivity contribution in [3.8, 4) is 11.3 Å². The van der Waals surface area contributed by atoms with Crippen molar-refractivity contribution in [3.63, 3.8) is 0 Å². The van der Waals surface area contributed by atoms with Gasteiger partial charge in [-0.15, -0.1) is 0 Å². The van der Waals surface area contributed by atoms with Crippen LogP contribution in [0.5, 0.6) is 0 Å². The molecule has 5 N–H and O–H groups in total. The fourth-order valence-electron chi connectivity index (χ4n) is 3.97. The van der Waals surface area contributed by atoms with Gasteiger partial charge in [0.2, 0.25) is 0 Å². The monoisotopic (exact) mass is 485 g/mol. The second kappa shape index (κ2) is 10.5. The van der Waals surface area contributed by atoms with Gasteiger partial charge in [0.25, 0.3) is 0 Å². The summed E-state index contributed by atoms with van der Waals surface area (Å²) < 4.78 is 0. The maximum absolute atomic E-state index is 11.3. The summed E-state index contributed by atoms with van der Waals surface area (Å²) in [5.41, 5.74) is 10.2. The van der Waals surface area contributed by atoms with Crippen LogP contribution >= 0.6 is 23.2 Å². The number of carboxylic acids is 1. The lowest BCUT2D eigenvalue weighted by molar-refractivity contribution is -0.140. The molecule has 2 aromatic carbocycles. The van der Waals surface area contributed by atoms with Gasteiger partial charge in [-0.1, -0.05) is 47.5 Å². The van der Waals surface area contributed by atoms with Crippen molar-refractivity contribution < 1.29 is 9.90 Å². The number of carboxylic acid groups (broad SMARTS) is 1. The van der Waals surface area contributed by atoms with E-state index >= 15 is 0 Å². The van der Waals surface area contributed by atoms with Gasteiger partial charge in [-0.05, 0) is 48.7 Å². The SMILES string of the molecule is Nc1ncc(-c2cccc(CNC3CCN[C@H](C(=O)O)C3)c2)nc1Cc1c(Cl)cccc1Cl. The van der Waals surface area contributed by atoms with Gasteiger partial charge in [-0.25, -0.2) is 9.97 Å². The highest BCUT2D eigenvalue weighted by Crippen LogP contribution is 2.28. The molecule has 0 bridgehead atoms. The summed E-state index contributed by atoms with van der Waals surface area (Å²) in [5.74, 6) is -0.467. The zero-order valence-corrected chi connectivity index (χ0v) is 19.4. The average Bonchev–Trinajstić information content (AvgIpc) is 2.81. The molecule has 2 heterocycles. The number of nitrogen functional groups attached to an aromatic ring is 1. The van der Waals surface area contributed by atoms with Crippen molar-refractivity contribution in [2.45, 2.75) is 37.9 Å². The topological polar surface area (TPSA) is 113 Å². The first-order valence-corrected chi connectivity index (χ1v) is 11.5. The van der Waals surface area contributed by atoms with Crippen molar-refractivity contribution in [1.82, 2.24) is 20.6 Å². The predicted octanol–water partition coefficient (Wildman–Crippen LogP) is 3.92. The number of nitrogens with two attached hydrogens (primary N) is 1. The normalized spacial score (nSPS) is 18.2. The summed E-state index contributed by atoms with van der Waals surface area (Å²) in [5, 5.41) is 16.9. The van der Waals surface area contributed by atoms with E-state index < -0.39 is 12.0 Å². The van der Waals surface area contributed by atoms with E-state index in [1.54, 1.807) is 24.4 Å². The first-order valence-electron chi connectivity index (χ1n) is 10.7. The van der Waals surface area contributed by atoms with Gasteiger partial charge in [-0.2, -0.15) is 0 Å². The average molecular weight is 486 g/mol. The lowest BCUT2D eigenvalue weighted by atomic mass is 9.99. The van der Waals surface area contributed by atoms with Crippen molar-refractivity contribution in [2.75, 3.05) is 12.3 Å². The predicted molar refractivity (Wildman–Crippen MR) is 130 cm³/mol. The van der Waals surface area contributed by atoms with Crippen LogP contribution in [0.4, 0.5) is 5.82 Å². The highest BCUT2D eigenvalue weighted by Gasteiger charge is 2.26. The Morgan fingerprint density at radius 3 is 2.73 bits per heavy atom. The molecule has 0 spiro atoms. The minimum atomic E-state index is -0.806. The Morgan fingerprint density at radius 1 is 1.21 bits per heavy atom. The molecule has 1 aromatic heterocycles. The molecule has 1 unspecified atom stereocenters. The Balaban J connectivity index is 1.49. The maximum atomic E-state index is 11.3. The van der Waals surface area contributed by atoms with Crippen LogP contribution < -0.4 is 16.4 Å². The second-order valence-corrected chi connectivity index (χ2v) is 8.93. The van der Waals surface area contributed by atoms with Crippen LogP contribution in [0.3, 0.4) is 0 Å². The van der Waals surface area contributed by atoms with Gasteiger partial charge in [-0.3, -0.25) is 4.79 Å². The van der Waals surface area contributed by atoms with E-state index in [0.717, 1.165) is 23.1 Å². The van der Waals surface area contributed by atoms with E-state index in [-0.39, 0.29) is 6.04 Å². The van der Waals surface area contributed by atoms with Crippen LogP contribution in [0.25, 0.3) is 11.3 Å². The second-order valence-electron chi connectivity index (χ2n) is 8.11. The first-order chi connectivity index (χ1) is 15.9. The number of halogens is 2. The van der Waals surface area contributed by atoms with Gasteiger partial charge >= 0.3 is 5.97 Å². The van der Waals surface area contributed by atoms with Crippen LogP contribution in [-0.4, -0.2) is 39.7 Å². The van der Waals surface area contributed by atoms with E-state index in [1.807, 2.05) is 18.2 Å². The van der Waals surface area contributed by atoms with Gasteiger partial charge in [0.15, 0.2) is 0 Å². The third-order valence-electron chi connectivity index (χ3n) is 5.80. The first kappa shape index (κ1) is 23.4. The van der Waals surface area contributed by atoms with E-state index in [1.165, 1.54) is 0 Å². The molecule has 9 heteroatoms. The molecule has 4 rings (SSSR count). The molecule has 1 aliphatic heterocycles. The molecule has 1 saturated heterocycles. The number of benzene rings is 2. The van der Waals surface area contributed by atoms with Crippen LogP contribution in [0.15, 0.2) is 48.7 Å². The third kappa shape index (κ3) is 5.81. The molecule has 172 valence electrons. The lowest BCUT2D eigenvalue weighted by Crippen LogP contribution is -2.49. The molecule has 2 atom stereocenters. The number of hydrogen-bond acceptors (Lipinski definition) is 6. The zero-order chi connectivity index (χ0) is 23.4. The molecule has 1 fully saturated rings. The fraction of sp³-hybridized carbons (Fsp3) is 0.292. The van der Waals surface area contributed by atoms with E-state index in [4.69, 9.17) is 33.9 Å². The Kier molecular flexibility index (Phi) is 7.45. The smallest absolute Gasteiger partial charge is 0.320 e. The van der Waals surface area contributed by atoms with Crippen LogP contribution in [0.1, 0.15) is 29.7 Å². The lowest BCUT2D eigenvalue weighted by Gasteiger charge is -2.28. The Labute approximate surface area is 202 Å². The zero-order valence-electron chi connectivity index (χ0n) is 17.9. The summed E-state index contributed by atoms with van der Waals surface area (Å²) >= 11 is 12.6. The van der Waals surface area contributed by atoms with Crippen LogP contribution in [0, 0.1) is 0 Å². The quantitative estimate of drug-likeness (QED) is 0.401. The molecule has 0 aliphatic carbocycles. The fourth-order valence-corrected chi connectivity index (χ4v) is 4.50. The Morgan fingerprint density at radius 2 is 1.97 bits per heavy atom. The third-order valence-corrected chi connectivity index (χ3v) is 6.51. The number of piperidine rings is 1. The largest absolute Gasteiger partial charge is 0.480 e. The van der Waals surface area contributed by atoms with Gasteiger partial charge in [0, 0.05) is 34.6 Å². The number of carbonyl (C=O) groups is 1. The van der Waals surface area contributed by atoms with Gasteiger partial charge in [0.05, 0.1) is 17.6 Å². The van der Waals surface area contributed by atoms with E-state index in [2.05, 4.69) is 21.7 Å². The Hall–Kier alpha value is -2.71. The highest BCUT2D eigenvalue weighted by molar-refractivity contribution is 6.36. The minimum absolute atomic E-state index is 0.152. The number of nitrogens with zero attached hydrogens (tertiary/aromatic N) is 2.